The number of carbonyl (C=O) groups excluding carboxylic acids is 1. The van der Waals surface area contributed by atoms with Gasteiger partial charge in [-0.1, -0.05) is 6.92 Å². The molecular weight excluding hydrogens is 374 g/mol. The monoisotopic (exact) mass is 401 g/mol. The molecule has 8 heteroatoms. The van der Waals surface area contributed by atoms with Crippen LogP contribution in [-0.4, -0.2) is 55.8 Å². The van der Waals surface area contributed by atoms with Gasteiger partial charge in [0.25, 0.3) is 0 Å². The maximum absolute atomic E-state index is 13.1. The van der Waals surface area contributed by atoms with Crippen LogP contribution in [0.5, 0.6) is 17.2 Å². The van der Waals surface area contributed by atoms with Crippen molar-refractivity contribution >= 4 is 24.3 Å². The van der Waals surface area contributed by atoms with Crippen molar-refractivity contribution in [1.82, 2.24) is 4.90 Å². The van der Waals surface area contributed by atoms with Crippen LogP contribution in [0, 0.1) is 0 Å². The number of hydrogen-bond donors (Lipinski definition) is 1. The predicted octanol–water partition coefficient (Wildman–Crippen LogP) is 3.09. The van der Waals surface area contributed by atoms with E-state index in [9.17, 15) is 14.7 Å². The van der Waals surface area contributed by atoms with Gasteiger partial charge in [0, 0.05) is 6.54 Å². The highest BCUT2D eigenvalue weighted by Crippen LogP contribution is 2.41. The molecule has 0 aliphatic carbocycles. The molecule has 27 heavy (non-hydrogen) atoms. The number of piperidine rings is 1. The second-order valence-corrected chi connectivity index (χ2v) is 6.30. The Hall–Kier alpha value is -2.15. The number of methoxy groups -OCH3 is 3. The largest absolute Gasteiger partial charge is 0.493 e. The molecule has 1 fully saturated rings. The molecule has 0 bridgehead atoms. The lowest BCUT2D eigenvalue weighted by atomic mass is 9.91. The lowest BCUT2D eigenvalue weighted by molar-refractivity contribution is -0.152. The number of aliphatic carboxylic acids is 1. The molecule has 1 amide bonds. The molecule has 0 aromatic heterocycles. The molecule has 1 aliphatic rings. The number of rotatable bonds is 7. The standard InChI is InChI=1S/C19H27NO6.ClH/c1-5-13(18(21)20-9-7-6-8-14(20)19(22)23)12-10-15(24-2)17(26-4)16(11-12)25-3;/h10-11,13-14H,5-9H2,1-4H3,(H,22,23);1H/t13-,14-;/m0./s1. The van der Waals surface area contributed by atoms with Crippen molar-refractivity contribution < 1.29 is 28.9 Å². The second-order valence-electron chi connectivity index (χ2n) is 6.30. The molecule has 2 rings (SSSR count). The number of likely N-dealkylation sites (tertiary alicyclic amines) is 1. The molecule has 0 unspecified atom stereocenters. The number of carboxylic acid groups (broad SMARTS) is 1. The fourth-order valence-corrected chi connectivity index (χ4v) is 3.51. The van der Waals surface area contributed by atoms with Gasteiger partial charge >= 0.3 is 5.97 Å². The van der Waals surface area contributed by atoms with Crippen LogP contribution in [0.2, 0.25) is 0 Å². The zero-order valence-electron chi connectivity index (χ0n) is 16.2. The Morgan fingerprint density at radius 3 is 2.19 bits per heavy atom. The zero-order valence-corrected chi connectivity index (χ0v) is 17.0. The van der Waals surface area contributed by atoms with Crippen molar-refractivity contribution in [3.63, 3.8) is 0 Å². The Bertz CT molecular complexity index is 641. The van der Waals surface area contributed by atoms with Crippen molar-refractivity contribution in [2.45, 2.75) is 44.6 Å². The van der Waals surface area contributed by atoms with E-state index in [0.29, 0.717) is 36.6 Å². The van der Waals surface area contributed by atoms with E-state index in [4.69, 9.17) is 14.2 Å². The molecule has 1 saturated heterocycles. The van der Waals surface area contributed by atoms with E-state index in [1.807, 2.05) is 6.92 Å². The Morgan fingerprint density at radius 2 is 1.74 bits per heavy atom. The minimum atomic E-state index is -0.946. The fraction of sp³-hybridized carbons (Fsp3) is 0.579. The van der Waals surface area contributed by atoms with Crippen LogP contribution < -0.4 is 14.2 Å². The van der Waals surface area contributed by atoms with Crippen LogP contribution in [0.1, 0.15) is 44.1 Å². The maximum atomic E-state index is 13.1. The fourth-order valence-electron chi connectivity index (χ4n) is 3.51. The third-order valence-electron chi connectivity index (χ3n) is 4.87. The summed E-state index contributed by atoms with van der Waals surface area (Å²) in [6, 6.07) is 2.76. The van der Waals surface area contributed by atoms with E-state index in [-0.39, 0.29) is 18.3 Å². The van der Waals surface area contributed by atoms with Crippen LogP contribution in [0.4, 0.5) is 0 Å². The van der Waals surface area contributed by atoms with Crippen LogP contribution in [-0.2, 0) is 9.59 Å². The predicted molar refractivity (Wildman–Crippen MR) is 103 cm³/mol. The van der Waals surface area contributed by atoms with Crippen LogP contribution in [0.15, 0.2) is 12.1 Å². The molecule has 1 heterocycles. The van der Waals surface area contributed by atoms with Gasteiger partial charge in [0.1, 0.15) is 6.04 Å². The molecule has 2 atom stereocenters. The van der Waals surface area contributed by atoms with Crippen LogP contribution in [0.3, 0.4) is 0 Å². The van der Waals surface area contributed by atoms with Crippen molar-refractivity contribution in [3.05, 3.63) is 17.7 Å². The number of halogens is 1. The summed E-state index contributed by atoms with van der Waals surface area (Å²) in [6.07, 6.45) is 2.68. The van der Waals surface area contributed by atoms with Crippen molar-refractivity contribution in [1.29, 1.82) is 0 Å². The minimum Gasteiger partial charge on any atom is -0.493 e. The van der Waals surface area contributed by atoms with Crippen LogP contribution >= 0.6 is 12.4 Å². The molecule has 0 radical (unpaired) electrons. The summed E-state index contributed by atoms with van der Waals surface area (Å²) in [5.41, 5.74) is 0.724. The number of carboxylic acids is 1. The first-order valence-electron chi connectivity index (χ1n) is 8.81. The molecule has 1 aromatic rings. The van der Waals surface area contributed by atoms with Gasteiger partial charge in [-0.2, -0.15) is 0 Å². The first-order chi connectivity index (χ1) is 12.5. The number of nitrogens with zero attached hydrogens (tertiary/aromatic N) is 1. The zero-order chi connectivity index (χ0) is 19.3. The average Bonchev–Trinajstić information content (AvgIpc) is 2.67. The summed E-state index contributed by atoms with van der Waals surface area (Å²) in [5.74, 6) is -0.180. The van der Waals surface area contributed by atoms with Crippen molar-refractivity contribution in [3.8, 4) is 17.2 Å². The van der Waals surface area contributed by atoms with Gasteiger partial charge < -0.3 is 24.2 Å². The normalized spacial score (nSPS) is 17.5. The quantitative estimate of drug-likeness (QED) is 0.755. The number of amides is 1. The highest BCUT2D eigenvalue weighted by molar-refractivity contribution is 5.88. The van der Waals surface area contributed by atoms with Gasteiger partial charge in [-0.25, -0.2) is 4.79 Å². The molecule has 1 N–H and O–H groups in total. The van der Waals surface area contributed by atoms with Crippen molar-refractivity contribution in [2.24, 2.45) is 0 Å². The first kappa shape index (κ1) is 22.9. The Balaban J connectivity index is 0.00000364. The van der Waals surface area contributed by atoms with E-state index >= 15 is 0 Å². The van der Waals surface area contributed by atoms with Gasteiger partial charge in [-0.15, -0.1) is 12.4 Å². The lowest BCUT2D eigenvalue weighted by Gasteiger charge is -2.35. The van der Waals surface area contributed by atoms with Crippen LogP contribution in [0.25, 0.3) is 0 Å². The van der Waals surface area contributed by atoms with E-state index in [1.165, 1.54) is 26.2 Å². The van der Waals surface area contributed by atoms with Gasteiger partial charge in [0.15, 0.2) is 11.5 Å². The van der Waals surface area contributed by atoms with Gasteiger partial charge in [-0.3, -0.25) is 4.79 Å². The number of hydrogen-bond acceptors (Lipinski definition) is 5. The van der Waals surface area contributed by atoms with E-state index in [0.717, 1.165) is 18.4 Å². The summed E-state index contributed by atoms with van der Waals surface area (Å²) < 4.78 is 16.1. The summed E-state index contributed by atoms with van der Waals surface area (Å²) in [5, 5.41) is 9.46. The smallest absolute Gasteiger partial charge is 0.326 e. The molecular formula is C19H28ClNO6. The Morgan fingerprint density at radius 1 is 1.15 bits per heavy atom. The highest BCUT2D eigenvalue weighted by atomic mass is 35.5. The Kier molecular flexibility index (Phi) is 8.69. The molecule has 1 aliphatic heterocycles. The van der Waals surface area contributed by atoms with E-state index < -0.39 is 17.9 Å². The summed E-state index contributed by atoms with van der Waals surface area (Å²) in [7, 11) is 4.57. The molecule has 7 nitrogen and oxygen atoms in total. The second kappa shape index (κ2) is 10.3. The summed E-state index contributed by atoms with van der Waals surface area (Å²) in [4.78, 5) is 26.2. The minimum absolute atomic E-state index is 0. The first-order valence-corrected chi connectivity index (χ1v) is 8.81. The summed E-state index contributed by atoms with van der Waals surface area (Å²) in [6.45, 7) is 2.38. The summed E-state index contributed by atoms with van der Waals surface area (Å²) >= 11 is 0. The molecule has 0 spiro atoms. The third kappa shape index (κ3) is 4.77. The molecule has 1 aromatic carbocycles. The van der Waals surface area contributed by atoms with Crippen molar-refractivity contribution in [2.75, 3.05) is 27.9 Å². The topological polar surface area (TPSA) is 85.3 Å². The highest BCUT2D eigenvalue weighted by Gasteiger charge is 2.36. The van der Waals surface area contributed by atoms with Gasteiger partial charge in [0.05, 0.1) is 27.2 Å². The average molecular weight is 402 g/mol. The Labute approximate surface area is 166 Å². The van der Waals surface area contributed by atoms with E-state index in [1.54, 1.807) is 12.1 Å². The molecule has 0 saturated carbocycles. The van der Waals surface area contributed by atoms with Gasteiger partial charge in [-0.05, 0) is 43.4 Å². The van der Waals surface area contributed by atoms with E-state index in [2.05, 4.69) is 0 Å². The number of benzene rings is 1. The maximum Gasteiger partial charge on any atom is 0.326 e. The molecule has 152 valence electrons. The lowest BCUT2D eigenvalue weighted by Crippen LogP contribution is -2.49. The van der Waals surface area contributed by atoms with Gasteiger partial charge in [0.2, 0.25) is 11.7 Å². The third-order valence-corrected chi connectivity index (χ3v) is 4.87. The SMILES string of the molecule is CC[C@H](C(=O)N1CCCC[C@H]1C(=O)O)c1cc(OC)c(OC)c(OC)c1.Cl. The number of carbonyl (C=O) groups is 2. The number of ether oxygens (including phenoxy) is 3.